The third kappa shape index (κ3) is 5.60. The molecule has 0 aliphatic heterocycles. The van der Waals surface area contributed by atoms with E-state index in [9.17, 15) is 14.0 Å². The number of ether oxygens (including phenoxy) is 1. The zero-order chi connectivity index (χ0) is 18.4. The Bertz CT molecular complexity index is 779. The van der Waals surface area contributed by atoms with E-state index in [1.165, 1.54) is 36.9 Å². The predicted octanol–water partition coefficient (Wildman–Crippen LogP) is 4.11. The molecule has 0 aromatic heterocycles. The summed E-state index contributed by atoms with van der Waals surface area (Å²) in [7, 11) is 0. The van der Waals surface area contributed by atoms with Gasteiger partial charge in [-0.3, -0.25) is 9.59 Å². The van der Waals surface area contributed by atoms with Gasteiger partial charge in [0.2, 0.25) is 0 Å². The average molecular weight is 361 g/mol. The SMILES string of the molecule is Cc1ccc(SCC(=O)O[C@H](C)C(=O)Nc2ccccc2F)c(C)c1. The van der Waals surface area contributed by atoms with E-state index in [1.807, 2.05) is 32.0 Å². The molecule has 0 heterocycles. The number of amides is 1. The van der Waals surface area contributed by atoms with Gasteiger partial charge in [0.25, 0.3) is 5.91 Å². The van der Waals surface area contributed by atoms with Crippen molar-refractivity contribution in [3.05, 3.63) is 59.4 Å². The highest BCUT2D eigenvalue weighted by Crippen LogP contribution is 2.23. The van der Waals surface area contributed by atoms with Crippen molar-refractivity contribution < 1.29 is 18.7 Å². The van der Waals surface area contributed by atoms with E-state index in [4.69, 9.17) is 4.74 Å². The summed E-state index contributed by atoms with van der Waals surface area (Å²) in [6.07, 6.45) is -1.01. The second kappa shape index (κ2) is 8.67. The van der Waals surface area contributed by atoms with Gasteiger partial charge >= 0.3 is 5.97 Å². The van der Waals surface area contributed by atoms with Gasteiger partial charge in [-0.2, -0.15) is 0 Å². The summed E-state index contributed by atoms with van der Waals surface area (Å²) in [5.41, 5.74) is 2.30. The lowest BCUT2D eigenvalue weighted by molar-refractivity contribution is -0.150. The highest BCUT2D eigenvalue weighted by atomic mass is 32.2. The van der Waals surface area contributed by atoms with Crippen molar-refractivity contribution in [2.75, 3.05) is 11.1 Å². The molecule has 0 aliphatic rings. The number of halogens is 1. The maximum absolute atomic E-state index is 13.5. The van der Waals surface area contributed by atoms with Crippen LogP contribution in [0.4, 0.5) is 10.1 Å². The fraction of sp³-hybridized carbons (Fsp3) is 0.263. The maximum atomic E-state index is 13.5. The molecule has 25 heavy (non-hydrogen) atoms. The molecule has 1 amide bonds. The highest BCUT2D eigenvalue weighted by Gasteiger charge is 2.19. The number of hydrogen-bond donors (Lipinski definition) is 1. The second-order valence-electron chi connectivity index (χ2n) is 5.66. The Kier molecular flexibility index (Phi) is 6.58. The van der Waals surface area contributed by atoms with Crippen LogP contribution in [0.1, 0.15) is 18.1 Å². The Balaban J connectivity index is 1.85. The minimum absolute atomic E-state index is 0.0556. The van der Waals surface area contributed by atoms with Gasteiger partial charge in [-0.25, -0.2) is 4.39 Å². The molecule has 0 radical (unpaired) electrons. The van der Waals surface area contributed by atoms with Crippen molar-refractivity contribution in [2.45, 2.75) is 31.8 Å². The highest BCUT2D eigenvalue weighted by molar-refractivity contribution is 8.00. The van der Waals surface area contributed by atoms with E-state index in [0.29, 0.717) is 0 Å². The van der Waals surface area contributed by atoms with Crippen LogP contribution in [-0.2, 0) is 14.3 Å². The molecule has 2 rings (SSSR count). The normalized spacial score (nSPS) is 11.7. The number of benzene rings is 2. The van der Waals surface area contributed by atoms with Gasteiger partial charge in [0.15, 0.2) is 6.10 Å². The van der Waals surface area contributed by atoms with Crippen LogP contribution in [0.3, 0.4) is 0 Å². The first-order chi connectivity index (χ1) is 11.9. The number of thioether (sulfide) groups is 1. The van der Waals surface area contributed by atoms with E-state index < -0.39 is 23.8 Å². The van der Waals surface area contributed by atoms with E-state index in [1.54, 1.807) is 6.07 Å². The molecule has 1 N–H and O–H groups in total. The summed E-state index contributed by atoms with van der Waals surface area (Å²) >= 11 is 1.36. The monoisotopic (exact) mass is 361 g/mol. The number of hydrogen-bond acceptors (Lipinski definition) is 4. The Morgan fingerprint density at radius 1 is 1.20 bits per heavy atom. The Hall–Kier alpha value is -2.34. The van der Waals surface area contributed by atoms with Gasteiger partial charge < -0.3 is 10.1 Å². The minimum atomic E-state index is -1.01. The zero-order valence-corrected chi connectivity index (χ0v) is 15.2. The molecule has 0 spiro atoms. The fourth-order valence-electron chi connectivity index (χ4n) is 2.18. The lowest BCUT2D eigenvalue weighted by Gasteiger charge is -2.14. The standard InChI is InChI=1S/C19H20FNO3S/c1-12-8-9-17(13(2)10-12)25-11-18(22)24-14(3)19(23)21-16-7-5-4-6-15(16)20/h4-10,14H,11H2,1-3H3,(H,21,23)/t14-/m1/s1. The summed E-state index contributed by atoms with van der Waals surface area (Å²) < 4.78 is 18.6. The van der Waals surface area contributed by atoms with Gasteiger partial charge in [-0.1, -0.05) is 29.8 Å². The quantitative estimate of drug-likeness (QED) is 0.622. The summed E-state index contributed by atoms with van der Waals surface area (Å²) in [5.74, 6) is -1.52. The molecule has 0 fully saturated rings. The molecule has 2 aromatic carbocycles. The van der Waals surface area contributed by atoms with Crippen LogP contribution in [0.5, 0.6) is 0 Å². The molecule has 0 unspecified atom stereocenters. The van der Waals surface area contributed by atoms with Crippen LogP contribution in [-0.4, -0.2) is 23.7 Å². The number of carbonyl (C=O) groups excluding carboxylic acids is 2. The predicted molar refractivity (Wildman–Crippen MR) is 97.2 cm³/mol. The number of esters is 1. The van der Waals surface area contributed by atoms with Crippen molar-refractivity contribution >= 4 is 29.3 Å². The second-order valence-corrected chi connectivity index (χ2v) is 6.68. The average Bonchev–Trinajstić information content (AvgIpc) is 2.56. The molecule has 4 nitrogen and oxygen atoms in total. The van der Waals surface area contributed by atoms with Gasteiger partial charge in [-0.05, 0) is 44.5 Å². The van der Waals surface area contributed by atoms with Crippen LogP contribution in [0.15, 0.2) is 47.4 Å². The number of anilines is 1. The topological polar surface area (TPSA) is 55.4 Å². The fourth-order valence-corrected chi connectivity index (χ4v) is 2.97. The van der Waals surface area contributed by atoms with Crippen molar-refractivity contribution in [2.24, 2.45) is 0 Å². The molecule has 0 bridgehead atoms. The lowest BCUT2D eigenvalue weighted by atomic mass is 10.2. The molecule has 6 heteroatoms. The van der Waals surface area contributed by atoms with Gasteiger partial charge in [-0.15, -0.1) is 11.8 Å². The molecule has 2 aromatic rings. The van der Waals surface area contributed by atoms with E-state index in [2.05, 4.69) is 5.32 Å². The van der Waals surface area contributed by atoms with Crippen molar-refractivity contribution in [3.8, 4) is 0 Å². The molecule has 0 aliphatic carbocycles. The number of carbonyl (C=O) groups is 2. The zero-order valence-electron chi connectivity index (χ0n) is 14.3. The van der Waals surface area contributed by atoms with Crippen LogP contribution in [0, 0.1) is 19.7 Å². The maximum Gasteiger partial charge on any atom is 0.317 e. The van der Waals surface area contributed by atoms with Crippen LogP contribution >= 0.6 is 11.8 Å². The molecular formula is C19H20FNO3S. The van der Waals surface area contributed by atoms with Crippen LogP contribution in [0.25, 0.3) is 0 Å². The summed E-state index contributed by atoms with van der Waals surface area (Å²) in [6, 6.07) is 11.8. The molecule has 132 valence electrons. The summed E-state index contributed by atoms with van der Waals surface area (Å²) in [5, 5.41) is 2.41. The summed E-state index contributed by atoms with van der Waals surface area (Å²) in [6.45, 7) is 5.44. The summed E-state index contributed by atoms with van der Waals surface area (Å²) in [4.78, 5) is 24.9. The smallest absolute Gasteiger partial charge is 0.317 e. The van der Waals surface area contributed by atoms with Crippen LogP contribution in [0.2, 0.25) is 0 Å². The Morgan fingerprint density at radius 2 is 1.92 bits per heavy atom. The molecule has 0 saturated carbocycles. The lowest BCUT2D eigenvalue weighted by Crippen LogP contribution is -2.30. The molecule has 1 atom stereocenters. The first-order valence-corrected chi connectivity index (χ1v) is 8.80. The molecule has 0 saturated heterocycles. The third-order valence-corrected chi connectivity index (χ3v) is 4.63. The largest absolute Gasteiger partial charge is 0.452 e. The van der Waals surface area contributed by atoms with Gasteiger partial charge in [0.05, 0.1) is 11.4 Å². The first kappa shape index (κ1) is 19.0. The first-order valence-electron chi connectivity index (χ1n) is 7.81. The van der Waals surface area contributed by atoms with Crippen molar-refractivity contribution in [1.82, 2.24) is 0 Å². The Labute approximate surface area is 150 Å². The van der Waals surface area contributed by atoms with E-state index in [0.717, 1.165) is 16.0 Å². The van der Waals surface area contributed by atoms with Crippen molar-refractivity contribution in [3.63, 3.8) is 0 Å². The van der Waals surface area contributed by atoms with E-state index >= 15 is 0 Å². The number of para-hydroxylation sites is 1. The van der Waals surface area contributed by atoms with Gasteiger partial charge in [0, 0.05) is 4.90 Å². The Morgan fingerprint density at radius 3 is 2.60 bits per heavy atom. The number of aryl methyl sites for hydroxylation is 2. The minimum Gasteiger partial charge on any atom is -0.452 e. The third-order valence-electron chi connectivity index (χ3n) is 3.49. The molecular weight excluding hydrogens is 341 g/mol. The number of rotatable bonds is 6. The van der Waals surface area contributed by atoms with Gasteiger partial charge in [0.1, 0.15) is 5.82 Å². The van der Waals surface area contributed by atoms with Crippen LogP contribution < -0.4 is 5.32 Å². The van der Waals surface area contributed by atoms with E-state index in [-0.39, 0.29) is 11.4 Å². The number of nitrogens with one attached hydrogen (secondary N) is 1. The van der Waals surface area contributed by atoms with Crippen molar-refractivity contribution in [1.29, 1.82) is 0 Å².